The quantitative estimate of drug-likeness (QED) is 0.446. The van der Waals surface area contributed by atoms with Crippen molar-refractivity contribution in [2.24, 2.45) is 0 Å². The number of nitrogens with zero attached hydrogens (tertiary/aromatic N) is 3. The van der Waals surface area contributed by atoms with E-state index in [4.69, 9.17) is 4.74 Å². The molecule has 1 atom stereocenters. The molecule has 3 aromatic carbocycles. The Morgan fingerprint density at radius 2 is 1.64 bits per heavy atom. The third-order valence-electron chi connectivity index (χ3n) is 7.59. The first-order valence-electron chi connectivity index (χ1n) is 12.5. The predicted octanol–water partition coefficient (Wildman–Crippen LogP) is 4.85. The lowest BCUT2D eigenvalue weighted by molar-refractivity contribution is -0.153. The van der Waals surface area contributed by atoms with E-state index < -0.39 is 11.6 Å². The van der Waals surface area contributed by atoms with E-state index in [1.807, 2.05) is 18.2 Å². The summed E-state index contributed by atoms with van der Waals surface area (Å²) in [5.41, 5.74) is 1.69. The van der Waals surface area contributed by atoms with Crippen molar-refractivity contribution in [2.45, 2.75) is 44.8 Å². The summed E-state index contributed by atoms with van der Waals surface area (Å²) in [7, 11) is 0. The van der Waals surface area contributed by atoms with Crippen molar-refractivity contribution in [1.29, 1.82) is 0 Å². The van der Waals surface area contributed by atoms with Gasteiger partial charge in [-0.15, -0.1) is 12.4 Å². The highest BCUT2D eigenvalue weighted by Crippen LogP contribution is 2.40. The fourth-order valence-electron chi connectivity index (χ4n) is 5.60. The second kappa shape index (κ2) is 10.9. The SMILES string of the molecule is CCOC(=O)C(C)N1CN(c2ccccc2)C2(CCN(Cc3cccc4ccccc34)CC2)C1=O.Cl. The van der Waals surface area contributed by atoms with Crippen LogP contribution in [0.5, 0.6) is 0 Å². The Hall–Kier alpha value is -3.09. The van der Waals surface area contributed by atoms with Gasteiger partial charge in [0.1, 0.15) is 11.6 Å². The molecule has 0 radical (unpaired) electrons. The number of amides is 1. The summed E-state index contributed by atoms with van der Waals surface area (Å²) >= 11 is 0. The van der Waals surface area contributed by atoms with E-state index >= 15 is 0 Å². The Morgan fingerprint density at radius 1 is 0.972 bits per heavy atom. The predicted molar refractivity (Wildman–Crippen MR) is 145 cm³/mol. The topological polar surface area (TPSA) is 53.1 Å². The Kier molecular flexibility index (Phi) is 7.86. The molecule has 5 rings (SSSR count). The summed E-state index contributed by atoms with van der Waals surface area (Å²) in [6, 6.07) is 24.4. The summed E-state index contributed by atoms with van der Waals surface area (Å²) in [4.78, 5) is 32.8. The monoisotopic (exact) mass is 507 g/mol. The van der Waals surface area contributed by atoms with E-state index in [-0.39, 0.29) is 24.3 Å². The molecule has 0 aliphatic carbocycles. The van der Waals surface area contributed by atoms with Gasteiger partial charge in [-0.05, 0) is 55.2 Å². The van der Waals surface area contributed by atoms with Crippen LogP contribution in [0.25, 0.3) is 10.8 Å². The van der Waals surface area contributed by atoms with E-state index in [1.54, 1.807) is 18.7 Å². The molecule has 36 heavy (non-hydrogen) atoms. The molecular weight excluding hydrogens is 474 g/mol. The number of esters is 1. The second-order valence-electron chi connectivity index (χ2n) is 9.55. The van der Waals surface area contributed by atoms with Gasteiger partial charge in [-0.25, -0.2) is 4.79 Å². The molecule has 190 valence electrons. The number of hydrogen-bond donors (Lipinski definition) is 0. The Labute approximate surface area is 219 Å². The largest absolute Gasteiger partial charge is 0.464 e. The molecule has 2 fully saturated rings. The van der Waals surface area contributed by atoms with E-state index in [1.165, 1.54) is 16.3 Å². The van der Waals surface area contributed by atoms with Gasteiger partial charge in [0, 0.05) is 25.3 Å². The number of carbonyl (C=O) groups is 2. The van der Waals surface area contributed by atoms with Crippen LogP contribution in [0, 0.1) is 0 Å². The molecule has 0 bridgehead atoms. The van der Waals surface area contributed by atoms with Crippen molar-refractivity contribution in [3.8, 4) is 0 Å². The highest BCUT2D eigenvalue weighted by Gasteiger charge is 2.55. The number of para-hydroxylation sites is 1. The molecule has 7 heteroatoms. The average Bonchev–Trinajstić information content (AvgIpc) is 3.17. The van der Waals surface area contributed by atoms with Crippen molar-refractivity contribution in [3.63, 3.8) is 0 Å². The molecule has 2 heterocycles. The molecule has 0 aromatic heterocycles. The van der Waals surface area contributed by atoms with E-state index in [0.717, 1.165) is 38.2 Å². The van der Waals surface area contributed by atoms with Gasteiger partial charge in [-0.1, -0.05) is 60.7 Å². The van der Waals surface area contributed by atoms with Crippen LogP contribution in [0.2, 0.25) is 0 Å². The molecule has 1 spiro atoms. The first-order valence-corrected chi connectivity index (χ1v) is 12.5. The summed E-state index contributed by atoms with van der Waals surface area (Å²) in [6.07, 6.45) is 1.44. The first kappa shape index (κ1) is 26.0. The summed E-state index contributed by atoms with van der Waals surface area (Å²) in [5, 5.41) is 2.54. The van der Waals surface area contributed by atoms with Gasteiger partial charge < -0.3 is 14.5 Å². The number of hydrogen-bond acceptors (Lipinski definition) is 5. The zero-order chi connectivity index (χ0) is 24.4. The Balaban J connectivity index is 0.00000304. The van der Waals surface area contributed by atoms with Crippen LogP contribution in [0.15, 0.2) is 72.8 Å². The van der Waals surface area contributed by atoms with Gasteiger partial charge in [0.05, 0.1) is 13.3 Å². The van der Waals surface area contributed by atoms with Gasteiger partial charge >= 0.3 is 5.97 Å². The van der Waals surface area contributed by atoms with Gasteiger partial charge in [0.25, 0.3) is 5.91 Å². The molecule has 0 saturated carbocycles. The lowest BCUT2D eigenvalue weighted by Crippen LogP contribution is -2.56. The molecule has 0 N–H and O–H groups in total. The minimum Gasteiger partial charge on any atom is -0.464 e. The minimum atomic E-state index is -0.642. The highest BCUT2D eigenvalue weighted by atomic mass is 35.5. The molecule has 3 aromatic rings. The number of ether oxygens (including phenoxy) is 1. The van der Waals surface area contributed by atoms with E-state index in [0.29, 0.717) is 13.3 Å². The maximum atomic E-state index is 13.9. The van der Waals surface area contributed by atoms with Crippen molar-refractivity contribution in [1.82, 2.24) is 9.80 Å². The zero-order valence-corrected chi connectivity index (χ0v) is 21.7. The molecule has 2 saturated heterocycles. The van der Waals surface area contributed by atoms with Gasteiger partial charge in [0.2, 0.25) is 0 Å². The lowest BCUT2D eigenvalue weighted by atomic mass is 9.85. The molecule has 2 aliphatic heterocycles. The fourth-order valence-corrected chi connectivity index (χ4v) is 5.60. The van der Waals surface area contributed by atoms with Crippen LogP contribution in [0.3, 0.4) is 0 Å². The van der Waals surface area contributed by atoms with Gasteiger partial charge in [0.15, 0.2) is 0 Å². The smallest absolute Gasteiger partial charge is 0.328 e. The van der Waals surface area contributed by atoms with Gasteiger partial charge in [-0.3, -0.25) is 9.69 Å². The number of benzene rings is 3. The van der Waals surface area contributed by atoms with Gasteiger partial charge in [-0.2, -0.15) is 0 Å². The summed E-state index contributed by atoms with van der Waals surface area (Å²) < 4.78 is 5.24. The molecule has 1 unspecified atom stereocenters. The van der Waals surface area contributed by atoms with E-state index in [9.17, 15) is 9.59 Å². The Bertz CT molecular complexity index is 1210. The maximum absolute atomic E-state index is 13.9. The maximum Gasteiger partial charge on any atom is 0.328 e. The number of carbonyl (C=O) groups excluding carboxylic acids is 2. The number of anilines is 1. The first-order chi connectivity index (χ1) is 17.0. The summed E-state index contributed by atoms with van der Waals surface area (Å²) in [6.45, 7) is 6.77. The van der Waals surface area contributed by atoms with Crippen LogP contribution >= 0.6 is 12.4 Å². The highest BCUT2D eigenvalue weighted by molar-refractivity contribution is 5.96. The molecule has 6 nitrogen and oxygen atoms in total. The average molecular weight is 508 g/mol. The molecular formula is C29H34ClN3O3. The second-order valence-corrected chi connectivity index (χ2v) is 9.55. The van der Waals surface area contributed by atoms with Crippen LogP contribution < -0.4 is 4.90 Å². The number of likely N-dealkylation sites (tertiary alicyclic amines) is 1. The Morgan fingerprint density at radius 3 is 2.36 bits per heavy atom. The number of piperidine rings is 1. The van der Waals surface area contributed by atoms with Crippen LogP contribution in [0.4, 0.5) is 5.69 Å². The fraction of sp³-hybridized carbons (Fsp3) is 0.379. The van der Waals surface area contributed by atoms with E-state index in [2.05, 4.69) is 64.4 Å². The summed E-state index contributed by atoms with van der Waals surface area (Å²) in [5.74, 6) is -0.314. The number of rotatable bonds is 6. The normalized spacial score (nSPS) is 18.3. The number of halogens is 1. The lowest BCUT2D eigenvalue weighted by Gasteiger charge is -2.43. The minimum absolute atomic E-state index is 0. The van der Waals surface area contributed by atoms with Crippen molar-refractivity contribution < 1.29 is 14.3 Å². The number of fused-ring (bicyclic) bond motifs is 1. The van der Waals surface area contributed by atoms with Crippen molar-refractivity contribution in [2.75, 3.05) is 31.3 Å². The standard InChI is InChI=1S/C29H33N3O3.ClH/c1-3-35-27(33)22(2)31-21-32(25-13-5-4-6-14-25)29(28(31)34)16-18-30(19-17-29)20-24-12-9-11-23-10-7-8-15-26(23)24;/h4-15,22H,3,16-21H2,1-2H3;1H. The van der Waals surface area contributed by atoms with Crippen LogP contribution in [0.1, 0.15) is 32.3 Å². The van der Waals surface area contributed by atoms with Crippen LogP contribution in [-0.2, 0) is 20.9 Å². The van der Waals surface area contributed by atoms with Crippen molar-refractivity contribution in [3.05, 3.63) is 78.4 Å². The van der Waals surface area contributed by atoms with Crippen LogP contribution in [-0.4, -0.2) is 59.6 Å². The molecule has 1 amide bonds. The third kappa shape index (κ3) is 4.67. The zero-order valence-electron chi connectivity index (χ0n) is 20.9. The third-order valence-corrected chi connectivity index (χ3v) is 7.59. The van der Waals surface area contributed by atoms with Crippen molar-refractivity contribution >= 4 is 40.7 Å². The molecule has 2 aliphatic rings.